The molecule has 0 aliphatic carbocycles. The number of hydrogen-bond donors (Lipinski definition) is 2. The normalized spacial score (nSPS) is 11.3. The van der Waals surface area contributed by atoms with E-state index in [9.17, 15) is 22.4 Å². The van der Waals surface area contributed by atoms with Crippen LogP contribution in [0.4, 0.5) is 29.1 Å². The molecule has 33 heavy (non-hydrogen) atoms. The van der Waals surface area contributed by atoms with E-state index in [1.807, 2.05) is 0 Å². The molecule has 0 saturated heterocycles. The number of carbonyl (C=O) groups is 1. The summed E-state index contributed by atoms with van der Waals surface area (Å²) < 4.78 is 52.9. The Morgan fingerprint density at radius 1 is 0.939 bits per heavy atom. The Labute approximate surface area is 185 Å². The molecule has 0 fully saturated rings. The number of alkyl halides is 3. The van der Waals surface area contributed by atoms with Crippen molar-refractivity contribution in [3.8, 4) is 16.9 Å². The molecule has 4 aromatic rings. The van der Waals surface area contributed by atoms with Gasteiger partial charge in [-0.2, -0.15) is 13.2 Å². The summed E-state index contributed by atoms with van der Waals surface area (Å²) >= 11 is 0. The number of halogens is 4. The first-order valence-corrected chi connectivity index (χ1v) is 9.64. The lowest BCUT2D eigenvalue weighted by Gasteiger charge is -2.12. The van der Waals surface area contributed by atoms with Crippen molar-refractivity contribution in [2.45, 2.75) is 6.18 Å². The molecular weight excluding hydrogens is 440 g/mol. The van der Waals surface area contributed by atoms with Crippen molar-refractivity contribution in [3.63, 3.8) is 0 Å². The van der Waals surface area contributed by atoms with E-state index >= 15 is 0 Å². The highest BCUT2D eigenvalue weighted by atomic mass is 19.4. The molecule has 4 rings (SSSR count). The van der Waals surface area contributed by atoms with Crippen LogP contribution in [0.25, 0.3) is 16.9 Å². The minimum Gasteiger partial charge on any atom is -0.376 e. The molecule has 2 aromatic carbocycles. The molecule has 0 atom stereocenters. The zero-order valence-corrected chi connectivity index (χ0v) is 16.8. The van der Waals surface area contributed by atoms with E-state index in [2.05, 4.69) is 25.8 Å². The van der Waals surface area contributed by atoms with E-state index in [0.717, 1.165) is 10.8 Å². The van der Waals surface area contributed by atoms with Crippen molar-refractivity contribution < 1.29 is 22.4 Å². The van der Waals surface area contributed by atoms with Crippen molar-refractivity contribution in [1.29, 1.82) is 0 Å². The number of carbonyl (C=O) groups excluding carboxylic acids is 1. The fraction of sp³-hybridized carbons (Fsp3) is 0.0909. The van der Waals surface area contributed by atoms with Gasteiger partial charge in [0.05, 0.1) is 12.2 Å². The van der Waals surface area contributed by atoms with Crippen molar-refractivity contribution in [1.82, 2.24) is 19.7 Å². The van der Waals surface area contributed by atoms with Crippen LogP contribution in [0.5, 0.6) is 0 Å². The van der Waals surface area contributed by atoms with Gasteiger partial charge in [-0.1, -0.05) is 0 Å². The third kappa shape index (κ3) is 5.32. The monoisotopic (exact) mass is 456 g/mol. The van der Waals surface area contributed by atoms with E-state index in [1.54, 1.807) is 36.4 Å². The van der Waals surface area contributed by atoms with Crippen molar-refractivity contribution >= 4 is 17.4 Å². The van der Waals surface area contributed by atoms with E-state index in [1.165, 1.54) is 30.5 Å². The average molecular weight is 456 g/mol. The molecule has 2 heterocycles. The van der Waals surface area contributed by atoms with E-state index in [-0.39, 0.29) is 23.9 Å². The van der Waals surface area contributed by atoms with Crippen molar-refractivity contribution in [2.24, 2.45) is 0 Å². The number of imidazole rings is 1. The smallest absolute Gasteiger partial charge is 0.376 e. The highest BCUT2D eigenvalue weighted by molar-refractivity contribution is 5.92. The first-order valence-electron chi connectivity index (χ1n) is 9.64. The number of amides is 1. The Morgan fingerprint density at radius 2 is 1.67 bits per heavy atom. The molecule has 168 valence electrons. The van der Waals surface area contributed by atoms with Gasteiger partial charge in [-0.05, 0) is 60.7 Å². The highest BCUT2D eigenvalue weighted by Gasteiger charge is 2.36. The molecule has 0 spiro atoms. The second-order valence-electron chi connectivity index (χ2n) is 6.88. The number of aromatic nitrogens is 4. The van der Waals surface area contributed by atoms with Gasteiger partial charge in [0, 0.05) is 29.3 Å². The van der Waals surface area contributed by atoms with Crippen LogP contribution in [0.15, 0.2) is 73.1 Å². The minimum atomic E-state index is -4.57. The Bertz CT molecular complexity index is 1240. The molecule has 0 aliphatic heterocycles. The first kappa shape index (κ1) is 21.9. The van der Waals surface area contributed by atoms with Gasteiger partial charge in [0.15, 0.2) is 5.82 Å². The van der Waals surface area contributed by atoms with E-state index in [0.29, 0.717) is 16.9 Å². The van der Waals surface area contributed by atoms with Crippen molar-refractivity contribution in [2.75, 3.05) is 17.2 Å². The largest absolute Gasteiger partial charge is 0.450 e. The number of nitrogens with one attached hydrogen (secondary N) is 2. The predicted molar refractivity (Wildman–Crippen MR) is 113 cm³/mol. The molecule has 0 unspecified atom stereocenters. The summed E-state index contributed by atoms with van der Waals surface area (Å²) in [6.07, 6.45) is -2.27. The third-order valence-corrected chi connectivity index (χ3v) is 4.56. The summed E-state index contributed by atoms with van der Waals surface area (Å²) in [7, 11) is 0. The summed E-state index contributed by atoms with van der Waals surface area (Å²) in [5.41, 5.74) is 2.04. The second kappa shape index (κ2) is 9.07. The fourth-order valence-electron chi connectivity index (χ4n) is 3.00. The molecule has 2 aromatic heterocycles. The summed E-state index contributed by atoms with van der Waals surface area (Å²) in [5, 5.41) is 13.4. The summed E-state index contributed by atoms with van der Waals surface area (Å²) in [6.45, 7) is -0.0976. The number of hydrogen-bond acceptors (Lipinski definition) is 5. The average Bonchev–Trinajstić information content (AvgIpc) is 3.30. The maximum absolute atomic E-state index is 13.0. The molecule has 0 saturated carbocycles. The maximum atomic E-state index is 13.0. The standard InChI is InChI=1S/C22H16F4N6O/c23-15-3-1-14(2-4-15)18-9-10-19(31-30-18)29-20(33)13-28-16-5-7-17(8-6-16)32-12-11-27-21(32)22(24,25)26/h1-12,28H,13H2,(H,29,31,33). The van der Waals surface area contributed by atoms with Gasteiger partial charge in [-0.3, -0.25) is 9.36 Å². The van der Waals surface area contributed by atoms with Crippen LogP contribution in [0.3, 0.4) is 0 Å². The Kier molecular flexibility index (Phi) is 6.03. The predicted octanol–water partition coefficient (Wildman–Crippen LogP) is 4.54. The van der Waals surface area contributed by atoms with E-state index in [4.69, 9.17) is 0 Å². The van der Waals surface area contributed by atoms with Gasteiger partial charge in [0.25, 0.3) is 0 Å². The molecule has 2 N–H and O–H groups in total. The topological polar surface area (TPSA) is 84.7 Å². The molecule has 1 amide bonds. The molecule has 0 radical (unpaired) electrons. The minimum absolute atomic E-state index is 0.0976. The van der Waals surface area contributed by atoms with Gasteiger partial charge in [-0.15, -0.1) is 10.2 Å². The van der Waals surface area contributed by atoms with Gasteiger partial charge < -0.3 is 10.6 Å². The SMILES string of the molecule is O=C(CNc1ccc(-n2ccnc2C(F)(F)F)cc1)Nc1ccc(-c2ccc(F)cc2)nn1. The fourth-order valence-corrected chi connectivity index (χ4v) is 3.00. The van der Waals surface area contributed by atoms with Crippen LogP contribution in [0.2, 0.25) is 0 Å². The highest BCUT2D eigenvalue weighted by Crippen LogP contribution is 2.29. The lowest BCUT2D eigenvalue weighted by Crippen LogP contribution is -2.22. The van der Waals surface area contributed by atoms with Crippen LogP contribution in [0, 0.1) is 5.82 Å². The number of benzene rings is 2. The van der Waals surface area contributed by atoms with Crippen LogP contribution in [-0.4, -0.2) is 32.2 Å². The van der Waals surface area contributed by atoms with Crippen LogP contribution in [0.1, 0.15) is 5.82 Å². The van der Waals surface area contributed by atoms with Gasteiger partial charge in [0.1, 0.15) is 5.82 Å². The van der Waals surface area contributed by atoms with Crippen LogP contribution >= 0.6 is 0 Å². The zero-order valence-electron chi connectivity index (χ0n) is 16.8. The second-order valence-corrected chi connectivity index (χ2v) is 6.88. The molecular formula is C22H16F4N6O. The molecule has 7 nitrogen and oxygen atoms in total. The number of rotatable bonds is 6. The first-order chi connectivity index (χ1) is 15.8. The molecule has 0 aliphatic rings. The quantitative estimate of drug-likeness (QED) is 0.416. The molecule has 0 bridgehead atoms. The van der Waals surface area contributed by atoms with Gasteiger partial charge >= 0.3 is 6.18 Å². The Balaban J connectivity index is 1.33. The third-order valence-electron chi connectivity index (χ3n) is 4.56. The maximum Gasteiger partial charge on any atom is 0.450 e. The van der Waals surface area contributed by atoms with Crippen LogP contribution < -0.4 is 10.6 Å². The lowest BCUT2D eigenvalue weighted by molar-refractivity contribution is -0.145. The van der Waals surface area contributed by atoms with Gasteiger partial charge in [-0.25, -0.2) is 9.37 Å². The number of anilines is 2. The lowest BCUT2D eigenvalue weighted by atomic mass is 10.1. The Hall–Kier alpha value is -4.28. The zero-order chi connectivity index (χ0) is 23.4. The van der Waals surface area contributed by atoms with Crippen molar-refractivity contribution in [3.05, 3.63) is 84.7 Å². The van der Waals surface area contributed by atoms with E-state index < -0.39 is 17.9 Å². The molecule has 11 heteroatoms. The van der Waals surface area contributed by atoms with Gasteiger partial charge in [0.2, 0.25) is 11.7 Å². The van der Waals surface area contributed by atoms with Crippen LogP contribution in [-0.2, 0) is 11.0 Å². The summed E-state index contributed by atoms with van der Waals surface area (Å²) in [4.78, 5) is 15.5. The number of nitrogens with zero attached hydrogens (tertiary/aromatic N) is 4. The Morgan fingerprint density at radius 3 is 2.30 bits per heavy atom. The summed E-state index contributed by atoms with van der Waals surface area (Å²) in [5.74, 6) is -1.53. The summed E-state index contributed by atoms with van der Waals surface area (Å²) in [6, 6.07) is 15.1.